The van der Waals surface area contributed by atoms with Gasteiger partial charge in [0, 0.05) is 16.1 Å². The van der Waals surface area contributed by atoms with Crippen molar-refractivity contribution in [3.63, 3.8) is 0 Å². The van der Waals surface area contributed by atoms with Gasteiger partial charge >= 0.3 is 0 Å². The van der Waals surface area contributed by atoms with E-state index < -0.39 is 0 Å². The Kier molecular flexibility index (Phi) is 3.93. The predicted octanol–water partition coefficient (Wildman–Crippen LogP) is 3.98. The normalized spacial score (nSPS) is 17.4. The lowest BCUT2D eigenvalue weighted by Crippen LogP contribution is -2.21. The highest BCUT2D eigenvalue weighted by Gasteiger charge is 2.22. The number of hydrogen-bond donors (Lipinski definition) is 2. The molecule has 4 heteroatoms. The molecular weight excluding hydrogens is 334 g/mol. The predicted molar refractivity (Wildman–Crippen MR) is 72.6 cm³/mol. The fourth-order valence-corrected chi connectivity index (χ4v) is 2.95. The molecule has 16 heavy (non-hydrogen) atoms. The molecule has 0 amide bonds. The smallest absolute Gasteiger partial charge is 0.134 e. The maximum Gasteiger partial charge on any atom is 0.134 e. The van der Waals surface area contributed by atoms with Gasteiger partial charge in [-0.3, -0.25) is 0 Å². The third-order valence-electron chi connectivity index (χ3n) is 2.93. The molecule has 1 fully saturated rings. The van der Waals surface area contributed by atoms with Crippen molar-refractivity contribution in [2.75, 3.05) is 6.54 Å². The Labute approximate surface area is 113 Å². The molecule has 0 radical (unpaired) electrons. The van der Waals surface area contributed by atoms with Crippen LogP contribution in [-0.2, 0) is 0 Å². The van der Waals surface area contributed by atoms with Crippen LogP contribution in [0.1, 0.15) is 31.4 Å². The van der Waals surface area contributed by atoms with Gasteiger partial charge in [-0.15, -0.1) is 0 Å². The van der Waals surface area contributed by atoms with Crippen LogP contribution in [0.4, 0.5) is 0 Å². The third-order valence-corrected chi connectivity index (χ3v) is 4.00. The fraction of sp³-hybridized carbons (Fsp3) is 0.500. The van der Waals surface area contributed by atoms with Crippen molar-refractivity contribution in [1.82, 2.24) is 5.32 Å². The highest BCUT2D eigenvalue weighted by atomic mass is 79.9. The third kappa shape index (κ3) is 2.99. The summed E-state index contributed by atoms with van der Waals surface area (Å²) in [7, 11) is 0. The first-order chi connectivity index (χ1) is 7.58. The Morgan fingerprint density at radius 2 is 2.12 bits per heavy atom. The summed E-state index contributed by atoms with van der Waals surface area (Å²) in [6.45, 7) is 3.13. The van der Waals surface area contributed by atoms with E-state index in [1.807, 2.05) is 12.1 Å². The monoisotopic (exact) mass is 347 g/mol. The Hall–Kier alpha value is -0.0600. The number of benzene rings is 1. The van der Waals surface area contributed by atoms with Gasteiger partial charge in [-0.1, -0.05) is 15.9 Å². The molecule has 88 valence electrons. The van der Waals surface area contributed by atoms with Crippen LogP contribution in [0.2, 0.25) is 0 Å². The SMILES string of the molecule is CC(NCC1CC1)c1cc(Br)cc(Br)c1O. The molecule has 0 saturated heterocycles. The maximum atomic E-state index is 9.97. The van der Waals surface area contributed by atoms with Gasteiger partial charge in [0.05, 0.1) is 4.47 Å². The topological polar surface area (TPSA) is 32.3 Å². The Morgan fingerprint density at radius 1 is 1.44 bits per heavy atom. The van der Waals surface area contributed by atoms with Crippen molar-refractivity contribution in [2.45, 2.75) is 25.8 Å². The van der Waals surface area contributed by atoms with E-state index in [2.05, 4.69) is 44.1 Å². The average Bonchev–Trinajstić information content (AvgIpc) is 3.03. The minimum absolute atomic E-state index is 0.175. The number of rotatable bonds is 4. The molecule has 2 N–H and O–H groups in total. The van der Waals surface area contributed by atoms with Gasteiger partial charge in [-0.2, -0.15) is 0 Å². The minimum Gasteiger partial charge on any atom is -0.506 e. The van der Waals surface area contributed by atoms with Gasteiger partial charge in [0.25, 0.3) is 0 Å². The van der Waals surface area contributed by atoms with E-state index in [9.17, 15) is 5.11 Å². The Morgan fingerprint density at radius 3 is 2.75 bits per heavy atom. The van der Waals surface area contributed by atoms with Gasteiger partial charge < -0.3 is 10.4 Å². The van der Waals surface area contributed by atoms with Crippen LogP contribution in [0.5, 0.6) is 5.75 Å². The Balaban J connectivity index is 2.10. The first kappa shape index (κ1) is 12.4. The van der Waals surface area contributed by atoms with Crippen molar-refractivity contribution in [3.8, 4) is 5.75 Å². The zero-order chi connectivity index (χ0) is 11.7. The number of aromatic hydroxyl groups is 1. The lowest BCUT2D eigenvalue weighted by Gasteiger charge is -2.16. The van der Waals surface area contributed by atoms with Crippen LogP contribution < -0.4 is 5.32 Å². The standard InChI is InChI=1S/C12H15Br2NO/c1-7(15-6-8-2-3-8)10-4-9(13)5-11(14)12(10)16/h4-5,7-8,15-16H,2-3,6H2,1H3. The van der Waals surface area contributed by atoms with Crippen LogP contribution in [0, 0.1) is 5.92 Å². The van der Waals surface area contributed by atoms with E-state index in [1.54, 1.807) is 0 Å². The van der Waals surface area contributed by atoms with Crippen molar-refractivity contribution in [2.24, 2.45) is 5.92 Å². The molecule has 0 aromatic heterocycles. The van der Waals surface area contributed by atoms with E-state index >= 15 is 0 Å². The molecule has 2 nitrogen and oxygen atoms in total. The van der Waals surface area contributed by atoms with Crippen molar-refractivity contribution in [3.05, 3.63) is 26.6 Å². The Bertz CT molecular complexity index is 391. The number of halogens is 2. The molecule has 1 atom stereocenters. The largest absolute Gasteiger partial charge is 0.506 e. The lowest BCUT2D eigenvalue weighted by atomic mass is 10.1. The van der Waals surface area contributed by atoms with Crippen LogP contribution in [-0.4, -0.2) is 11.7 Å². The summed E-state index contributed by atoms with van der Waals surface area (Å²) in [5, 5.41) is 13.4. The van der Waals surface area contributed by atoms with E-state index in [-0.39, 0.29) is 6.04 Å². The minimum atomic E-state index is 0.175. The molecule has 2 rings (SSSR count). The first-order valence-electron chi connectivity index (χ1n) is 5.49. The number of phenols is 1. The van der Waals surface area contributed by atoms with Crippen molar-refractivity contribution in [1.29, 1.82) is 0 Å². The molecule has 1 aromatic carbocycles. The second-order valence-corrected chi connectivity index (χ2v) is 6.17. The summed E-state index contributed by atoms with van der Waals surface area (Å²) in [5.74, 6) is 1.18. The summed E-state index contributed by atoms with van der Waals surface area (Å²) in [4.78, 5) is 0. The fourth-order valence-electron chi connectivity index (χ4n) is 1.69. The van der Waals surface area contributed by atoms with Crippen molar-refractivity contribution >= 4 is 31.9 Å². The summed E-state index contributed by atoms with van der Waals surface area (Å²) in [5.41, 5.74) is 0.932. The molecule has 0 heterocycles. The first-order valence-corrected chi connectivity index (χ1v) is 7.08. The van der Waals surface area contributed by atoms with Crippen molar-refractivity contribution < 1.29 is 5.11 Å². The quantitative estimate of drug-likeness (QED) is 0.862. The highest BCUT2D eigenvalue weighted by Crippen LogP contribution is 2.35. The molecule has 1 aliphatic rings. The number of nitrogens with one attached hydrogen (secondary N) is 1. The van der Waals surface area contributed by atoms with Gasteiger partial charge in [-0.05, 0) is 60.3 Å². The molecule has 1 saturated carbocycles. The van der Waals surface area contributed by atoms with E-state index in [0.717, 1.165) is 27.0 Å². The number of hydrogen-bond acceptors (Lipinski definition) is 2. The van der Waals surface area contributed by atoms with Gasteiger partial charge in [0.2, 0.25) is 0 Å². The van der Waals surface area contributed by atoms with Gasteiger partial charge in [-0.25, -0.2) is 0 Å². The molecule has 0 spiro atoms. The average molecular weight is 349 g/mol. The van der Waals surface area contributed by atoms with Crippen LogP contribution >= 0.6 is 31.9 Å². The molecular formula is C12H15Br2NO. The summed E-state index contributed by atoms with van der Waals surface area (Å²) >= 11 is 6.79. The zero-order valence-electron chi connectivity index (χ0n) is 9.13. The maximum absolute atomic E-state index is 9.97. The summed E-state index contributed by atoms with van der Waals surface area (Å²) in [6, 6.07) is 3.99. The van der Waals surface area contributed by atoms with E-state index in [1.165, 1.54) is 12.8 Å². The van der Waals surface area contributed by atoms with Crippen LogP contribution in [0.25, 0.3) is 0 Å². The second kappa shape index (κ2) is 5.07. The van der Waals surface area contributed by atoms with Gasteiger partial charge in [0.1, 0.15) is 5.75 Å². The molecule has 1 unspecified atom stereocenters. The molecule has 1 aliphatic carbocycles. The second-order valence-electron chi connectivity index (χ2n) is 4.40. The lowest BCUT2D eigenvalue weighted by molar-refractivity contribution is 0.447. The summed E-state index contributed by atoms with van der Waals surface area (Å²) in [6.07, 6.45) is 2.68. The molecule has 0 aliphatic heterocycles. The molecule has 0 bridgehead atoms. The number of phenolic OH excluding ortho intramolecular Hbond substituents is 1. The molecule has 1 aromatic rings. The van der Waals surface area contributed by atoms with Gasteiger partial charge in [0.15, 0.2) is 0 Å². The van der Waals surface area contributed by atoms with E-state index in [0.29, 0.717) is 5.75 Å². The van der Waals surface area contributed by atoms with Crippen LogP contribution in [0.3, 0.4) is 0 Å². The summed E-state index contributed by atoms with van der Waals surface area (Å²) < 4.78 is 1.71. The van der Waals surface area contributed by atoms with Crippen LogP contribution in [0.15, 0.2) is 21.1 Å². The zero-order valence-corrected chi connectivity index (χ0v) is 12.3. The van der Waals surface area contributed by atoms with E-state index in [4.69, 9.17) is 0 Å². The highest BCUT2D eigenvalue weighted by molar-refractivity contribution is 9.11.